The molecule has 0 bridgehead atoms. The van der Waals surface area contributed by atoms with Crippen LogP contribution in [0.1, 0.15) is 28.4 Å². The van der Waals surface area contributed by atoms with Gasteiger partial charge in [0.05, 0.1) is 5.56 Å². The number of carbonyl (C=O) groups is 1. The van der Waals surface area contributed by atoms with Crippen molar-refractivity contribution in [3.8, 4) is 17.2 Å². The van der Waals surface area contributed by atoms with Gasteiger partial charge in [0.2, 0.25) is 5.78 Å². The summed E-state index contributed by atoms with van der Waals surface area (Å²) in [6.45, 7) is 2.28. The Labute approximate surface area is 185 Å². The van der Waals surface area contributed by atoms with Crippen molar-refractivity contribution in [1.82, 2.24) is 0 Å². The summed E-state index contributed by atoms with van der Waals surface area (Å²) < 4.78 is 17.7. The average molecular weight is 431 g/mol. The minimum atomic E-state index is -0.183. The molecular formula is C26H19ClO4. The van der Waals surface area contributed by atoms with Gasteiger partial charge >= 0.3 is 0 Å². The fourth-order valence-electron chi connectivity index (χ4n) is 3.61. The molecule has 0 amide bonds. The van der Waals surface area contributed by atoms with Gasteiger partial charge in [0.1, 0.15) is 30.0 Å². The van der Waals surface area contributed by atoms with Crippen molar-refractivity contribution in [2.24, 2.45) is 0 Å². The van der Waals surface area contributed by atoms with Gasteiger partial charge in [-0.1, -0.05) is 48.0 Å². The van der Waals surface area contributed by atoms with E-state index in [4.69, 9.17) is 25.8 Å². The van der Waals surface area contributed by atoms with Crippen molar-refractivity contribution < 1.29 is 19.0 Å². The highest BCUT2D eigenvalue weighted by Crippen LogP contribution is 2.36. The number of halogens is 1. The van der Waals surface area contributed by atoms with Crippen molar-refractivity contribution in [1.29, 1.82) is 0 Å². The smallest absolute Gasteiger partial charge is 0.231 e. The Hall–Kier alpha value is -3.50. The minimum Gasteiger partial charge on any atom is -0.489 e. The highest BCUT2D eigenvalue weighted by atomic mass is 35.5. The summed E-state index contributed by atoms with van der Waals surface area (Å²) in [6.07, 6.45) is 3.60. The predicted octanol–water partition coefficient (Wildman–Crippen LogP) is 6.24. The first-order chi connectivity index (χ1) is 15.1. The number of hydrogen-bond acceptors (Lipinski definition) is 4. The van der Waals surface area contributed by atoms with E-state index in [0.717, 1.165) is 22.4 Å². The van der Waals surface area contributed by atoms with Gasteiger partial charge in [-0.15, -0.1) is 0 Å². The molecule has 31 heavy (non-hydrogen) atoms. The van der Waals surface area contributed by atoms with Crippen molar-refractivity contribution in [3.63, 3.8) is 0 Å². The van der Waals surface area contributed by atoms with E-state index in [-0.39, 0.29) is 17.6 Å². The van der Waals surface area contributed by atoms with E-state index in [2.05, 4.69) is 0 Å². The summed E-state index contributed by atoms with van der Waals surface area (Å²) in [5.41, 5.74) is 3.26. The van der Waals surface area contributed by atoms with E-state index in [1.54, 1.807) is 24.3 Å². The van der Waals surface area contributed by atoms with E-state index >= 15 is 0 Å². The highest BCUT2D eigenvalue weighted by Gasteiger charge is 2.29. The van der Waals surface area contributed by atoms with E-state index in [9.17, 15) is 4.79 Å². The van der Waals surface area contributed by atoms with Crippen LogP contribution in [0, 0.1) is 0 Å². The zero-order chi connectivity index (χ0) is 21.4. The molecule has 0 saturated carbocycles. The molecule has 3 aromatic carbocycles. The van der Waals surface area contributed by atoms with Crippen LogP contribution in [-0.4, -0.2) is 11.9 Å². The molecule has 2 heterocycles. The molecule has 0 unspecified atom stereocenters. The summed E-state index contributed by atoms with van der Waals surface area (Å²) in [4.78, 5) is 12.8. The molecule has 154 valence electrons. The standard InChI is InChI=1S/C26H19ClO4/c1-16-19(12-17-6-3-5-9-23(17)30-16)13-25-26(28)21-11-10-20(14-24(21)31-25)29-15-18-7-2-4-8-22(18)27/h2-14,16H,15H2,1H3/t16-/m1/s1. The largest absolute Gasteiger partial charge is 0.489 e. The van der Waals surface area contributed by atoms with Crippen molar-refractivity contribution >= 4 is 23.5 Å². The van der Waals surface area contributed by atoms with Crippen molar-refractivity contribution in [2.45, 2.75) is 19.6 Å². The van der Waals surface area contributed by atoms with Gasteiger partial charge in [0, 0.05) is 22.2 Å². The molecule has 0 radical (unpaired) electrons. The van der Waals surface area contributed by atoms with Gasteiger partial charge in [0.25, 0.3) is 0 Å². The van der Waals surface area contributed by atoms with Crippen LogP contribution in [0.4, 0.5) is 0 Å². The molecule has 3 aromatic rings. The molecule has 2 aliphatic rings. The Morgan fingerprint density at radius 1 is 1.03 bits per heavy atom. The maximum Gasteiger partial charge on any atom is 0.231 e. The maximum absolute atomic E-state index is 12.8. The van der Waals surface area contributed by atoms with Crippen LogP contribution in [-0.2, 0) is 6.61 Å². The van der Waals surface area contributed by atoms with Crippen LogP contribution in [0.2, 0.25) is 5.02 Å². The Morgan fingerprint density at radius 2 is 1.84 bits per heavy atom. The van der Waals surface area contributed by atoms with E-state index in [0.29, 0.717) is 28.7 Å². The molecule has 1 atom stereocenters. The second-order valence-corrected chi connectivity index (χ2v) is 7.83. The Kier molecular flexibility index (Phi) is 5.00. The van der Waals surface area contributed by atoms with Crippen LogP contribution in [0.15, 0.2) is 84.1 Å². The number of ether oxygens (including phenoxy) is 3. The lowest BCUT2D eigenvalue weighted by Crippen LogP contribution is -2.18. The third kappa shape index (κ3) is 3.82. The lowest BCUT2D eigenvalue weighted by Gasteiger charge is -2.22. The topological polar surface area (TPSA) is 44.8 Å². The molecule has 2 aliphatic heterocycles. The number of fused-ring (bicyclic) bond motifs is 2. The van der Waals surface area contributed by atoms with Crippen molar-refractivity contribution in [3.05, 3.63) is 106 Å². The van der Waals surface area contributed by atoms with E-state index < -0.39 is 0 Å². The number of para-hydroxylation sites is 1. The molecule has 4 nitrogen and oxygen atoms in total. The van der Waals surface area contributed by atoms with Crippen LogP contribution >= 0.6 is 11.6 Å². The first kappa shape index (κ1) is 19.5. The third-order valence-corrected chi connectivity index (χ3v) is 5.67. The van der Waals surface area contributed by atoms with Gasteiger partial charge in [-0.2, -0.15) is 0 Å². The number of Topliss-reactive ketones (excluding diaryl/α,β-unsaturated/α-hetero) is 1. The second-order valence-electron chi connectivity index (χ2n) is 7.42. The fraction of sp³-hybridized carbons (Fsp3) is 0.115. The van der Waals surface area contributed by atoms with Gasteiger partial charge in [-0.25, -0.2) is 0 Å². The number of benzene rings is 3. The van der Waals surface area contributed by atoms with Crippen LogP contribution in [0.5, 0.6) is 17.2 Å². The van der Waals surface area contributed by atoms with Crippen LogP contribution in [0.3, 0.4) is 0 Å². The van der Waals surface area contributed by atoms with Crippen LogP contribution < -0.4 is 14.2 Å². The Balaban J connectivity index is 1.36. The number of rotatable bonds is 4. The number of ketones is 1. The molecule has 0 spiro atoms. The minimum absolute atomic E-state index is 0.153. The second kappa shape index (κ2) is 7.97. The predicted molar refractivity (Wildman–Crippen MR) is 120 cm³/mol. The average Bonchev–Trinajstić information content (AvgIpc) is 3.08. The Bertz CT molecular complexity index is 1240. The molecule has 0 aromatic heterocycles. The van der Waals surface area contributed by atoms with Gasteiger partial charge in [-0.05, 0) is 48.9 Å². The first-order valence-corrected chi connectivity index (χ1v) is 10.4. The summed E-state index contributed by atoms with van der Waals surface area (Å²) in [6, 6.07) is 20.6. The van der Waals surface area contributed by atoms with E-state index in [1.165, 1.54) is 0 Å². The molecule has 0 N–H and O–H groups in total. The zero-order valence-corrected chi connectivity index (χ0v) is 17.6. The number of allylic oxidation sites excluding steroid dienone is 1. The maximum atomic E-state index is 12.8. The normalized spacial score (nSPS) is 18.0. The molecule has 0 saturated heterocycles. The lowest BCUT2D eigenvalue weighted by molar-refractivity contribution is 0.101. The summed E-state index contributed by atoms with van der Waals surface area (Å²) >= 11 is 6.19. The van der Waals surface area contributed by atoms with Gasteiger partial charge in [-0.3, -0.25) is 4.79 Å². The van der Waals surface area contributed by atoms with Gasteiger partial charge in [0.15, 0.2) is 5.76 Å². The Morgan fingerprint density at radius 3 is 2.71 bits per heavy atom. The third-order valence-electron chi connectivity index (χ3n) is 5.31. The lowest BCUT2D eigenvalue weighted by atomic mass is 10.0. The molecule has 0 aliphatic carbocycles. The monoisotopic (exact) mass is 430 g/mol. The summed E-state index contributed by atoms with van der Waals surface area (Å²) in [7, 11) is 0. The molecule has 0 fully saturated rings. The quantitative estimate of drug-likeness (QED) is 0.459. The fourth-order valence-corrected chi connectivity index (χ4v) is 3.80. The highest BCUT2D eigenvalue weighted by molar-refractivity contribution is 6.31. The summed E-state index contributed by atoms with van der Waals surface area (Å²) in [5.74, 6) is 2.05. The molecule has 5 rings (SSSR count). The van der Waals surface area contributed by atoms with Crippen LogP contribution in [0.25, 0.3) is 6.08 Å². The molecule has 5 heteroatoms. The number of carbonyl (C=O) groups excluding carboxylic acids is 1. The zero-order valence-electron chi connectivity index (χ0n) is 16.8. The molecular weight excluding hydrogens is 412 g/mol. The van der Waals surface area contributed by atoms with Crippen molar-refractivity contribution in [2.75, 3.05) is 0 Å². The summed E-state index contributed by atoms with van der Waals surface area (Å²) in [5, 5.41) is 0.652. The SMILES string of the molecule is C[C@H]1Oc2ccccc2C=C1C=C1Oc2cc(OCc3ccccc3Cl)ccc2C1=O. The first-order valence-electron chi connectivity index (χ1n) is 10.0. The van der Waals surface area contributed by atoms with E-state index in [1.807, 2.05) is 61.5 Å². The van der Waals surface area contributed by atoms with Gasteiger partial charge < -0.3 is 14.2 Å². The number of hydrogen-bond donors (Lipinski definition) is 0.